The van der Waals surface area contributed by atoms with Gasteiger partial charge in [-0.25, -0.2) is 17.9 Å². The molecule has 42 heavy (non-hydrogen) atoms. The molecule has 1 saturated heterocycles. The first-order valence-corrected chi connectivity index (χ1v) is 16.9. The Labute approximate surface area is 253 Å². The van der Waals surface area contributed by atoms with Crippen LogP contribution in [0, 0.1) is 5.92 Å². The predicted molar refractivity (Wildman–Crippen MR) is 163 cm³/mol. The summed E-state index contributed by atoms with van der Waals surface area (Å²) in [5.74, 6) is -1.17. The van der Waals surface area contributed by atoms with Crippen LogP contribution in [0.25, 0.3) is 0 Å². The third-order valence-electron chi connectivity index (χ3n) is 6.74. The van der Waals surface area contributed by atoms with Gasteiger partial charge in [-0.3, -0.25) is 14.5 Å². The number of amides is 2. The Morgan fingerprint density at radius 2 is 1.71 bits per heavy atom. The molecular weight excluding hydrogens is 599 g/mol. The van der Waals surface area contributed by atoms with Crippen molar-refractivity contribution in [3.63, 3.8) is 0 Å². The molecule has 11 nitrogen and oxygen atoms in total. The minimum atomic E-state index is -3.61. The number of nitrogens with zero attached hydrogens (tertiary/aromatic N) is 1. The fraction of sp³-hybridized carbons (Fsp3) is 0.393. The van der Waals surface area contributed by atoms with Crippen LogP contribution in [0.3, 0.4) is 0 Å². The van der Waals surface area contributed by atoms with E-state index in [2.05, 4.69) is 10.0 Å². The third-order valence-corrected chi connectivity index (χ3v) is 10.6. The summed E-state index contributed by atoms with van der Waals surface area (Å²) >= 11 is 2.76. The molecule has 2 aromatic rings. The summed E-state index contributed by atoms with van der Waals surface area (Å²) in [6.07, 6.45) is 0.0411. The van der Waals surface area contributed by atoms with E-state index >= 15 is 0 Å². The Morgan fingerprint density at radius 3 is 2.29 bits per heavy atom. The Bertz CT molecular complexity index is 1470. The van der Waals surface area contributed by atoms with E-state index in [1.54, 1.807) is 12.1 Å². The first-order chi connectivity index (χ1) is 19.9. The van der Waals surface area contributed by atoms with Gasteiger partial charge in [-0.1, -0.05) is 32.0 Å². The number of benzene rings is 2. The highest BCUT2D eigenvalue weighted by atomic mass is 32.2. The molecule has 0 aromatic heterocycles. The van der Waals surface area contributed by atoms with Crippen molar-refractivity contribution in [1.82, 2.24) is 14.9 Å². The molecule has 2 aromatic carbocycles. The number of sulfonamides is 1. The molecule has 7 N–H and O–H groups in total. The molecule has 0 aliphatic carbocycles. The molecule has 226 valence electrons. The zero-order valence-corrected chi connectivity index (χ0v) is 25.8. The van der Waals surface area contributed by atoms with Gasteiger partial charge in [-0.2, -0.15) is 0 Å². The topological polar surface area (TPSA) is 185 Å². The number of nitrogens with two attached hydrogens (primary N) is 2. The molecule has 2 aliphatic rings. The summed E-state index contributed by atoms with van der Waals surface area (Å²) in [7, 11) is -3.61. The number of nitrogens with one attached hydrogen (secondary N) is 2. The van der Waals surface area contributed by atoms with Crippen molar-refractivity contribution in [1.29, 1.82) is 0 Å². The molecule has 1 unspecified atom stereocenters. The monoisotopic (exact) mass is 633 g/mol. The molecule has 1 fully saturated rings. The molecule has 2 heterocycles. The lowest BCUT2D eigenvalue weighted by atomic mass is 10.0. The second-order valence-corrected chi connectivity index (χ2v) is 14.4. The number of hydrogen-bond donors (Lipinski definition) is 5. The minimum absolute atomic E-state index is 0.0411. The van der Waals surface area contributed by atoms with Crippen LogP contribution >= 0.6 is 23.5 Å². The van der Waals surface area contributed by atoms with Crippen molar-refractivity contribution in [2.24, 2.45) is 17.4 Å². The van der Waals surface area contributed by atoms with E-state index in [0.29, 0.717) is 36.7 Å². The average Bonchev–Trinajstić information content (AvgIpc) is 2.97. The summed E-state index contributed by atoms with van der Waals surface area (Å²) in [5, 5.41) is 12.2. The normalized spacial score (nSPS) is 18.6. The lowest BCUT2D eigenvalue weighted by molar-refractivity contribution is -0.150. The average molecular weight is 634 g/mol. The van der Waals surface area contributed by atoms with Gasteiger partial charge < -0.3 is 21.9 Å². The first-order valence-electron chi connectivity index (χ1n) is 13.4. The van der Waals surface area contributed by atoms with E-state index in [1.165, 1.54) is 40.6 Å². The van der Waals surface area contributed by atoms with Crippen LogP contribution in [0.5, 0.6) is 0 Å². The zero-order chi connectivity index (χ0) is 30.6. The lowest BCUT2D eigenvalue weighted by Gasteiger charge is -2.49. The SMILES string of the molecule is CC(C)CNS(=O)(=O)c1ccc(SCC2=C(C(=O)O)N3C(=O)C(NC(=O)Cc4cc(CN)cc(CN)c4)[C@@H]3SC2)cc1. The van der Waals surface area contributed by atoms with E-state index in [0.717, 1.165) is 21.6 Å². The Balaban J connectivity index is 1.39. The quantitative estimate of drug-likeness (QED) is 0.160. The predicted octanol–water partition coefficient (Wildman–Crippen LogP) is 1.61. The van der Waals surface area contributed by atoms with Crippen LogP contribution in [0.4, 0.5) is 0 Å². The summed E-state index contributed by atoms with van der Waals surface area (Å²) in [6.45, 7) is 4.79. The van der Waals surface area contributed by atoms with E-state index in [1.807, 2.05) is 32.0 Å². The largest absolute Gasteiger partial charge is 0.477 e. The number of carboxylic acids is 1. The van der Waals surface area contributed by atoms with E-state index in [4.69, 9.17) is 11.5 Å². The second kappa shape index (κ2) is 13.6. The van der Waals surface area contributed by atoms with Crippen LogP contribution in [0.2, 0.25) is 0 Å². The highest BCUT2D eigenvalue weighted by Crippen LogP contribution is 2.41. The van der Waals surface area contributed by atoms with Gasteiger partial charge in [0.15, 0.2) is 0 Å². The fourth-order valence-corrected chi connectivity index (χ4v) is 8.22. The smallest absolute Gasteiger partial charge is 0.352 e. The first kappa shape index (κ1) is 32.0. The maximum absolute atomic E-state index is 13.0. The number of β-lactam (4-membered cyclic amide) rings is 1. The van der Waals surface area contributed by atoms with Gasteiger partial charge in [0, 0.05) is 36.0 Å². The van der Waals surface area contributed by atoms with Gasteiger partial charge >= 0.3 is 5.97 Å². The number of rotatable bonds is 13. The number of carbonyl (C=O) groups is 3. The molecular formula is C28H35N5O6S3. The lowest BCUT2D eigenvalue weighted by Crippen LogP contribution is -2.70. The molecule has 0 bridgehead atoms. The number of carboxylic acid groups (broad SMARTS) is 1. The molecule has 0 spiro atoms. The maximum atomic E-state index is 13.0. The number of carbonyl (C=O) groups excluding carboxylic acids is 2. The number of fused-ring (bicyclic) bond motifs is 1. The molecule has 0 radical (unpaired) electrons. The maximum Gasteiger partial charge on any atom is 0.352 e. The molecule has 2 amide bonds. The van der Waals surface area contributed by atoms with Gasteiger partial charge in [-0.05, 0) is 52.4 Å². The third kappa shape index (κ3) is 7.36. The summed E-state index contributed by atoms with van der Waals surface area (Å²) in [6, 6.07) is 11.1. The van der Waals surface area contributed by atoms with Crippen LogP contribution < -0.4 is 21.5 Å². The molecule has 4 rings (SSSR count). The number of aliphatic carboxylic acids is 1. The highest BCUT2D eigenvalue weighted by molar-refractivity contribution is 8.01. The van der Waals surface area contributed by atoms with Gasteiger partial charge in [0.25, 0.3) is 5.91 Å². The minimum Gasteiger partial charge on any atom is -0.477 e. The molecule has 14 heteroatoms. The molecule has 0 saturated carbocycles. The van der Waals surface area contributed by atoms with Crippen LogP contribution in [0.15, 0.2) is 63.5 Å². The van der Waals surface area contributed by atoms with Crippen molar-refractivity contribution in [3.05, 3.63) is 70.4 Å². The van der Waals surface area contributed by atoms with E-state index < -0.39 is 33.3 Å². The molecule has 2 atom stereocenters. The highest BCUT2D eigenvalue weighted by Gasteiger charge is 2.54. The van der Waals surface area contributed by atoms with Gasteiger partial charge in [0.2, 0.25) is 15.9 Å². The van der Waals surface area contributed by atoms with Crippen LogP contribution in [-0.2, 0) is 43.9 Å². The number of thioether (sulfide) groups is 2. The van der Waals surface area contributed by atoms with Gasteiger partial charge in [-0.15, -0.1) is 23.5 Å². The van der Waals surface area contributed by atoms with Crippen LogP contribution in [-0.4, -0.2) is 65.7 Å². The van der Waals surface area contributed by atoms with Crippen molar-refractivity contribution in [2.75, 3.05) is 18.1 Å². The Kier molecular flexibility index (Phi) is 10.4. The van der Waals surface area contributed by atoms with E-state index in [-0.39, 0.29) is 28.8 Å². The van der Waals surface area contributed by atoms with Gasteiger partial charge in [0.05, 0.1) is 11.3 Å². The molecule has 2 aliphatic heterocycles. The number of hydrogen-bond acceptors (Lipinski definition) is 9. The second-order valence-electron chi connectivity index (χ2n) is 10.5. The zero-order valence-electron chi connectivity index (χ0n) is 23.3. The Morgan fingerprint density at radius 1 is 1.10 bits per heavy atom. The van der Waals surface area contributed by atoms with Crippen molar-refractivity contribution in [3.8, 4) is 0 Å². The summed E-state index contributed by atoms with van der Waals surface area (Å²) in [4.78, 5) is 40.2. The van der Waals surface area contributed by atoms with Gasteiger partial charge in [0.1, 0.15) is 17.1 Å². The Hall–Kier alpha value is -2.88. The van der Waals surface area contributed by atoms with Crippen LogP contribution in [0.1, 0.15) is 30.5 Å². The fourth-order valence-electron chi connectivity index (χ4n) is 4.63. The van der Waals surface area contributed by atoms with Crippen molar-refractivity contribution >= 4 is 51.3 Å². The van der Waals surface area contributed by atoms with E-state index in [9.17, 15) is 27.9 Å². The van der Waals surface area contributed by atoms with Crippen molar-refractivity contribution in [2.45, 2.75) is 54.6 Å². The summed E-state index contributed by atoms with van der Waals surface area (Å²) in [5.41, 5.74) is 14.5. The standard InChI is InChI=1S/C28H35N5O6S3/c1-16(2)13-31-42(38,39)22-5-3-21(4-6-22)40-14-20-15-41-27-24(26(35)33(27)25(20)28(36)37)32-23(34)10-17-7-18(11-29)9-19(8-17)12-30/h3-9,16,24,27,31H,10-15,29-30H2,1-2H3,(H,32,34)(H,36,37)/t24?,27-/m0/s1. The summed E-state index contributed by atoms with van der Waals surface area (Å²) < 4.78 is 27.5. The van der Waals surface area contributed by atoms with Crippen molar-refractivity contribution < 1.29 is 27.9 Å².